The predicted octanol–water partition coefficient (Wildman–Crippen LogP) is 3.04. The molecule has 6 nitrogen and oxygen atoms in total. The number of hydrogen-bond acceptors (Lipinski definition) is 5. The summed E-state index contributed by atoms with van der Waals surface area (Å²) < 4.78 is 7.30. The van der Waals surface area contributed by atoms with E-state index >= 15 is 0 Å². The molecule has 0 saturated heterocycles. The topological polar surface area (TPSA) is 78.8 Å². The van der Waals surface area contributed by atoms with E-state index in [1.165, 1.54) is 6.20 Å². The van der Waals surface area contributed by atoms with Gasteiger partial charge in [-0.05, 0) is 17.7 Å². The number of nitrogens with zero attached hydrogens (tertiary/aromatic N) is 4. The minimum absolute atomic E-state index is 0.305. The van der Waals surface area contributed by atoms with Crippen molar-refractivity contribution in [2.24, 2.45) is 7.05 Å². The van der Waals surface area contributed by atoms with Gasteiger partial charge in [-0.3, -0.25) is 0 Å². The van der Waals surface area contributed by atoms with Gasteiger partial charge in [-0.25, -0.2) is 9.97 Å². The summed E-state index contributed by atoms with van der Waals surface area (Å²) in [5.41, 5.74) is 6.67. The van der Waals surface area contributed by atoms with Crippen molar-refractivity contribution in [3.8, 4) is 11.5 Å². The smallest absolute Gasteiger partial charge is 0.205 e. The van der Waals surface area contributed by atoms with Crippen LogP contribution in [0.15, 0.2) is 24.5 Å². The molecule has 0 bridgehead atoms. The average Bonchev–Trinajstić information content (AvgIpc) is 2.69. The normalized spacial score (nSPS) is 10.9. The number of halogens is 2. The van der Waals surface area contributed by atoms with Crippen LogP contribution in [-0.2, 0) is 7.05 Å². The lowest BCUT2D eigenvalue weighted by Gasteiger charge is -2.08. The molecule has 0 atom stereocenters. The number of rotatable bonds is 2. The van der Waals surface area contributed by atoms with E-state index in [4.69, 9.17) is 33.7 Å². The van der Waals surface area contributed by atoms with Crippen LogP contribution in [0.2, 0.25) is 10.3 Å². The number of anilines is 1. The van der Waals surface area contributed by atoms with Crippen molar-refractivity contribution in [3.63, 3.8) is 0 Å². The maximum absolute atomic E-state index is 6.32. The molecule has 0 unspecified atom stereocenters. The van der Waals surface area contributed by atoms with Crippen LogP contribution in [0, 0.1) is 0 Å². The zero-order valence-corrected chi connectivity index (χ0v) is 11.9. The van der Waals surface area contributed by atoms with Crippen LogP contribution in [0.3, 0.4) is 0 Å². The maximum atomic E-state index is 6.32. The van der Waals surface area contributed by atoms with Gasteiger partial charge < -0.3 is 15.0 Å². The Balaban J connectivity index is 2.08. The largest absolute Gasteiger partial charge is 0.454 e. The Morgan fingerprint density at radius 2 is 2.10 bits per heavy atom. The van der Waals surface area contributed by atoms with Gasteiger partial charge in [0.1, 0.15) is 22.1 Å². The molecular weight excluding hydrogens is 301 g/mol. The SMILES string of the molecule is Cn1c(Cl)nc2ncc(Oc3ccnc(N)c3)c(Cl)c21. The second-order valence-electron chi connectivity index (χ2n) is 4.07. The van der Waals surface area contributed by atoms with E-state index < -0.39 is 0 Å². The van der Waals surface area contributed by atoms with Gasteiger partial charge in [0.2, 0.25) is 5.28 Å². The molecule has 3 heterocycles. The fourth-order valence-corrected chi connectivity index (χ4v) is 2.24. The van der Waals surface area contributed by atoms with Crippen molar-refractivity contribution in [2.75, 3.05) is 5.73 Å². The van der Waals surface area contributed by atoms with Crippen LogP contribution in [0.25, 0.3) is 11.2 Å². The fourth-order valence-electron chi connectivity index (χ4n) is 1.78. The number of hydrogen-bond donors (Lipinski definition) is 1. The second-order valence-corrected chi connectivity index (χ2v) is 4.78. The first-order valence-corrected chi connectivity index (χ1v) is 6.37. The predicted molar refractivity (Wildman–Crippen MR) is 77.3 cm³/mol. The number of aryl methyl sites for hydroxylation is 1. The Bertz CT molecular complexity index is 802. The molecule has 0 spiro atoms. The highest BCUT2D eigenvalue weighted by Gasteiger charge is 2.15. The molecule has 0 aromatic carbocycles. The lowest BCUT2D eigenvalue weighted by atomic mass is 10.4. The first-order chi connectivity index (χ1) is 9.56. The van der Waals surface area contributed by atoms with E-state index in [1.807, 2.05) is 0 Å². The lowest BCUT2D eigenvalue weighted by molar-refractivity contribution is 0.481. The summed E-state index contributed by atoms with van der Waals surface area (Å²) in [6.07, 6.45) is 3.04. The highest BCUT2D eigenvalue weighted by atomic mass is 35.5. The van der Waals surface area contributed by atoms with Gasteiger partial charge in [-0.15, -0.1) is 0 Å². The third kappa shape index (κ3) is 2.13. The standard InChI is InChI=1S/C12H9Cl2N5O/c1-19-10-9(13)7(5-17-11(10)18-12(19)14)20-6-2-3-16-8(15)4-6/h2-5H,1H3,(H2,15,16). The van der Waals surface area contributed by atoms with Gasteiger partial charge in [0.05, 0.1) is 6.20 Å². The third-order valence-corrected chi connectivity index (χ3v) is 3.43. The Labute approximate surface area is 124 Å². The molecule has 0 aliphatic carbocycles. The highest BCUT2D eigenvalue weighted by molar-refractivity contribution is 6.37. The number of imidazole rings is 1. The minimum Gasteiger partial charge on any atom is -0.454 e. The molecule has 0 saturated carbocycles. The maximum Gasteiger partial charge on any atom is 0.205 e. The van der Waals surface area contributed by atoms with Gasteiger partial charge >= 0.3 is 0 Å². The Morgan fingerprint density at radius 1 is 1.30 bits per heavy atom. The van der Waals surface area contributed by atoms with Crippen LogP contribution >= 0.6 is 23.2 Å². The quantitative estimate of drug-likeness (QED) is 0.787. The zero-order chi connectivity index (χ0) is 14.3. The van der Waals surface area contributed by atoms with Crippen molar-refractivity contribution in [1.29, 1.82) is 0 Å². The van der Waals surface area contributed by atoms with Gasteiger partial charge in [-0.1, -0.05) is 11.6 Å². The van der Waals surface area contributed by atoms with E-state index in [0.29, 0.717) is 38.8 Å². The molecule has 0 aliphatic heterocycles. The number of aromatic nitrogens is 4. The summed E-state index contributed by atoms with van der Waals surface area (Å²) in [5, 5.41) is 0.687. The Hall–Kier alpha value is -2.05. The van der Waals surface area contributed by atoms with Crippen LogP contribution in [0.5, 0.6) is 11.5 Å². The van der Waals surface area contributed by atoms with E-state index in [0.717, 1.165) is 0 Å². The number of pyridine rings is 2. The van der Waals surface area contributed by atoms with Crippen molar-refractivity contribution in [1.82, 2.24) is 19.5 Å². The van der Waals surface area contributed by atoms with Crippen LogP contribution in [0.1, 0.15) is 0 Å². The summed E-state index contributed by atoms with van der Waals surface area (Å²) in [6.45, 7) is 0. The molecule has 3 aromatic heterocycles. The van der Waals surface area contributed by atoms with Crippen molar-refractivity contribution in [3.05, 3.63) is 34.8 Å². The lowest BCUT2D eigenvalue weighted by Crippen LogP contribution is -1.94. The zero-order valence-electron chi connectivity index (χ0n) is 10.3. The van der Waals surface area contributed by atoms with E-state index in [2.05, 4.69) is 15.0 Å². The molecule has 2 N–H and O–H groups in total. The Morgan fingerprint density at radius 3 is 2.85 bits per heavy atom. The second kappa shape index (κ2) is 4.81. The summed E-state index contributed by atoms with van der Waals surface area (Å²) in [4.78, 5) is 12.1. The number of fused-ring (bicyclic) bond motifs is 1. The van der Waals surface area contributed by atoms with Crippen LogP contribution in [-0.4, -0.2) is 19.5 Å². The van der Waals surface area contributed by atoms with Crippen LogP contribution < -0.4 is 10.5 Å². The van der Waals surface area contributed by atoms with E-state index in [1.54, 1.807) is 29.9 Å². The molecule has 8 heteroatoms. The molecular formula is C12H9Cl2N5O. The van der Waals surface area contributed by atoms with Gasteiger partial charge in [0.25, 0.3) is 0 Å². The first kappa shape index (κ1) is 13.0. The summed E-state index contributed by atoms with van der Waals surface area (Å²) >= 11 is 12.3. The summed E-state index contributed by atoms with van der Waals surface area (Å²) in [7, 11) is 1.75. The molecule has 3 rings (SSSR count). The van der Waals surface area contributed by atoms with E-state index in [9.17, 15) is 0 Å². The minimum atomic E-state index is 0.305. The van der Waals surface area contributed by atoms with Crippen molar-refractivity contribution >= 4 is 40.2 Å². The first-order valence-electron chi connectivity index (χ1n) is 5.62. The molecule has 0 amide bonds. The summed E-state index contributed by atoms with van der Waals surface area (Å²) in [5.74, 6) is 1.27. The van der Waals surface area contributed by atoms with Gasteiger partial charge in [-0.2, -0.15) is 4.98 Å². The molecule has 20 heavy (non-hydrogen) atoms. The molecule has 0 aliphatic rings. The van der Waals surface area contributed by atoms with Gasteiger partial charge in [0, 0.05) is 19.3 Å². The molecule has 102 valence electrons. The fraction of sp³-hybridized carbons (Fsp3) is 0.0833. The number of ether oxygens (including phenoxy) is 1. The molecule has 0 radical (unpaired) electrons. The van der Waals surface area contributed by atoms with Crippen molar-refractivity contribution < 1.29 is 4.74 Å². The highest BCUT2D eigenvalue weighted by Crippen LogP contribution is 2.35. The number of nitrogens with two attached hydrogens (primary N) is 1. The molecule has 0 fully saturated rings. The monoisotopic (exact) mass is 309 g/mol. The third-order valence-electron chi connectivity index (χ3n) is 2.73. The van der Waals surface area contributed by atoms with Gasteiger partial charge in [0.15, 0.2) is 11.4 Å². The average molecular weight is 310 g/mol. The van der Waals surface area contributed by atoms with Crippen molar-refractivity contribution in [2.45, 2.75) is 0 Å². The molecule has 3 aromatic rings. The van der Waals surface area contributed by atoms with Crippen LogP contribution in [0.4, 0.5) is 5.82 Å². The summed E-state index contributed by atoms with van der Waals surface area (Å²) in [6, 6.07) is 3.27. The van der Waals surface area contributed by atoms with E-state index in [-0.39, 0.29) is 0 Å². The Kier molecular flexibility index (Phi) is 3.11. The number of nitrogen functional groups attached to an aromatic ring is 1.